The van der Waals surface area contributed by atoms with Crippen molar-refractivity contribution in [3.63, 3.8) is 0 Å². The van der Waals surface area contributed by atoms with Gasteiger partial charge < -0.3 is 10.1 Å². The van der Waals surface area contributed by atoms with E-state index in [-0.39, 0.29) is 47.7 Å². The second-order valence-corrected chi connectivity index (χ2v) is 8.70. The SMILES string of the molecule is O=C(COCC(=O)C1SS1)Nc1ccc(CCC(=O)N2CCC2=O)cc1. The zero-order valence-corrected chi connectivity index (χ0v) is 15.6. The number of anilines is 1. The summed E-state index contributed by atoms with van der Waals surface area (Å²) in [5.41, 5.74) is 1.57. The summed E-state index contributed by atoms with van der Waals surface area (Å²) >= 11 is 0. The Labute approximate surface area is 158 Å². The van der Waals surface area contributed by atoms with E-state index in [1.807, 2.05) is 12.1 Å². The molecule has 2 saturated heterocycles. The van der Waals surface area contributed by atoms with Crippen molar-refractivity contribution in [1.82, 2.24) is 4.90 Å². The van der Waals surface area contributed by atoms with Crippen LogP contribution in [0.2, 0.25) is 0 Å². The first-order chi connectivity index (χ1) is 12.5. The van der Waals surface area contributed by atoms with E-state index in [2.05, 4.69) is 5.32 Å². The van der Waals surface area contributed by atoms with Crippen LogP contribution in [0.25, 0.3) is 0 Å². The molecular formula is C17H18N2O5S2. The Morgan fingerprint density at radius 1 is 1.15 bits per heavy atom. The summed E-state index contributed by atoms with van der Waals surface area (Å²) in [6.45, 7) is 0.299. The van der Waals surface area contributed by atoms with Crippen molar-refractivity contribution in [2.45, 2.75) is 23.8 Å². The molecule has 9 heteroatoms. The minimum Gasteiger partial charge on any atom is -0.364 e. The summed E-state index contributed by atoms with van der Waals surface area (Å²) in [6, 6.07) is 7.14. The molecule has 2 aliphatic heterocycles. The second-order valence-electron chi connectivity index (χ2n) is 5.92. The van der Waals surface area contributed by atoms with Crippen LogP contribution in [0.15, 0.2) is 24.3 Å². The van der Waals surface area contributed by atoms with Gasteiger partial charge in [0.1, 0.15) is 17.8 Å². The monoisotopic (exact) mass is 394 g/mol. The van der Waals surface area contributed by atoms with Gasteiger partial charge in [0.05, 0.1) is 0 Å². The van der Waals surface area contributed by atoms with Crippen molar-refractivity contribution in [3.05, 3.63) is 29.8 Å². The lowest BCUT2D eigenvalue weighted by atomic mass is 10.1. The van der Waals surface area contributed by atoms with E-state index >= 15 is 0 Å². The van der Waals surface area contributed by atoms with Crippen LogP contribution in [0.4, 0.5) is 5.69 Å². The summed E-state index contributed by atoms with van der Waals surface area (Å²) in [4.78, 5) is 47.5. The fraction of sp³-hybridized carbons (Fsp3) is 0.412. The molecule has 3 amide bonds. The summed E-state index contributed by atoms with van der Waals surface area (Å²) in [6.07, 6.45) is 1.28. The summed E-state index contributed by atoms with van der Waals surface area (Å²) < 4.78 is 5.08. The van der Waals surface area contributed by atoms with Crippen molar-refractivity contribution in [2.75, 3.05) is 25.1 Å². The molecule has 7 nitrogen and oxygen atoms in total. The molecular weight excluding hydrogens is 376 g/mol. The first kappa shape index (κ1) is 18.9. The topological polar surface area (TPSA) is 92.8 Å². The van der Waals surface area contributed by atoms with Gasteiger partial charge in [-0.3, -0.25) is 24.1 Å². The number of β-lactam (4-membered cyclic amide) rings is 1. The molecule has 3 rings (SSSR count). The Hall–Kier alpha value is -1.84. The maximum atomic E-state index is 11.8. The predicted molar refractivity (Wildman–Crippen MR) is 99.5 cm³/mol. The molecule has 0 aliphatic carbocycles. The van der Waals surface area contributed by atoms with Crippen LogP contribution in [0.3, 0.4) is 0 Å². The average Bonchev–Trinajstić information content (AvgIpc) is 3.45. The number of hydrogen-bond donors (Lipinski definition) is 1. The summed E-state index contributed by atoms with van der Waals surface area (Å²) in [7, 11) is 2.99. The van der Waals surface area contributed by atoms with Gasteiger partial charge in [-0.1, -0.05) is 33.7 Å². The van der Waals surface area contributed by atoms with Gasteiger partial charge in [0.15, 0.2) is 5.78 Å². The minimum absolute atomic E-state index is 0.00775. The Kier molecular flexibility index (Phi) is 6.33. The van der Waals surface area contributed by atoms with E-state index in [1.165, 1.54) is 26.5 Å². The quantitative estimate of drug-likeness (QED) is 0.386. The molecule has 0 aromatic heterocycles. The Morgan fingerprint density at radius 3 is 2.46 bits per heavy atom. The first-order valence-corrected chi connectivity index (χ1v) is 10.4. The maximum Gasteiger partial charge on any atom is 0.250 e. The fourth-order valence-electron chi connectivity index (χ4n) is 2.36. The number of carbonyl (C=O) groups is 4. The van der Waals surface area contributed by atoms with E-state index in [9.17, 15) is 19.2 Å². The van der Waals surface area contributed by atoms with Gasteiger partial charge in [0, 0.05) is 25.1 Å². The second kappa shape index (κ2) is 8.70. The number of carbonyl (C=O) groups excluding carboxylic acids is 4. The molecule has 0 unspecified atom stereocenters. The lowest BCUT2D eigenvalue weighted by Gasteiger charge is -2.28. The third-order valence-electron chi connectivity index (χ3n) is 3.95. The number of nitrogens with zero attached hydrogens (tertiary/aromatic N) is 1. The Bertz CT molecular complexity index is 718. The highest BCUT2D eigenvalue weighted by atomic mass is 33.2. The van der Waals surface area contributed by atoms with Crippen molar-refractivity contribution >= 4 is 50.8 Å². The van der Waals surface area contributed by atoms with Crippen molar-refractivity contribution in [2.24, 2.45) is 0 Å². The number of Topliss-reactive ketones (excluding diaryl/α,β-unsaturated/α-hetero) is 1. The molecule has 2 fully saturated rings. The first-order valence-electron chi connectivity index (χ1n) is 8.17. The van der Waals surface area contributed by atoms with Crippen molar-refractivity contribution in [3.8, 4) is 0 Å². The molecule has 2 aliphatic rings. The zero-order valence-electron chi connectivity index (χ0n) is 13.9. The highest BCUT2D eigenvalue weighted by Crippen LogP contribution is 2.53. The Balaban J connectivity index is 1.36. The lowest BCUT2D eigenvalue weighted by Crippen LogP contribution is -2.47. The fourth-order valence-corrected chi connectivity index (χ4v) is 3.58. The maximum absolute atomic E-state index is 11.8. The third kappa shape index (κ3) is 5.33. The molecule has 1 aromatic rings. The zero-order chi connectivity index (χ0) is 18.5. The van der Waals surface area contributed by atoms with Crippen LogP contribution in [-0.2, 0) is 30.3 Å². The lowest BCUT2D eigenvalue weighted by molar-refractivity contribution is -0.152. The highest BCUT2D eigenvalue weighted by Gasteiger charge is 2.32. The molecule has 0 spiro atoms. The van der Waals surface area contributed by atoms with Gasteiger partial charge in [0.2, 0.25) is 17.7 Å². The molecule has 0 radical (unpaired) electrons. The Morgan fingerprint density at radius 2 is 1.88 bits per heavy atom. The molecule has 0 bridgehead atoms. The van der Waals surface area contributed by atoms with Crippen LogP contribution in [-0.4, -0.2) is 52.7 Å². The highest BCUT2D eigenvalue weighted by molar-refractivity contribution is 8.93. The molecule has 26 heavy (non-hydrogen) atoms. The number of rotatable bonds is 9. The summed E-state index contributed by atoms with van der Waals surface area (Å²) in [5.74, 6) is -0.584. The van der Waals surface area contributed by atoms with Crippen LogP contribution >= 0.6 is 21.6 Å². The predicted octanol–water partition coefficient (Wildman–Crippen LogP) is 1.62. The molecule has 1 N–H and O–H groups in total. The molecule has 2 heterocycles. The van der Waals surface area contributed by atoms with E-state index in [0.29, 0.717) is 25.1 Å². The normalized spacial score (nSPS) is 16.2. The average molecular weight is 394 g/mol. The number of nitrogens with one attached hydrogen (secondary N) is 1. The van der Waals surface area contributed by atoms with Crippen LogP contribution in [0, 0.1) is 0 Å². The molecule has 1 aromatic carbocycles. The number of imide groups is 1. The molecule has 0 saturated carbocycles. The standard InChI is InChI=1S/C17H18N2O5S2/c20-13(17-25-26-17)9-24-10-14(21)18-12-4-1-11(2-5-12)3-6-15(22)19-8-7-16(19)23/h1-2,4-5,17H,3,6-10H2,(H,18,21). The van der Waals surface area contributed by atoms with Gasteiger partial charge in [-0.2, -0.15) is 0 Å². The number of likely N-dealkylation sites (tertiary alicyclic amines) is 1. The van der Waals surface area contributed by atoms with Crippen LogP contribution < -0.4 is 5.32 Å². The van der Waals surface area contributed by atoms with Gasteiger partial charge in [-0.15, -0.1) is 0 Å². The van der Waals surface area contributed by atoms with Crippen LogP contribution in [0.1, 0.15) is 18.4 Å². The molecule has 138 valence electrons. The van der Waals surface area contributed by atoms with E-state index in [4.69, 9.17) is 4.74 Å². The minimum atomic E-state index is -0.326. The largest absolute Gasteiger partial charge is 0.364 e. The van der Waals surface area contributed by atoms with Crippen molar-refractivity contribution in [1.29, 1.82) is 0 Å². The van der Waals surface area contributed by atoms with Crippen molar-refractivity contribution < 1.29 is 23.9 Å². The number of ketones is 1. The number of hydrogen-bond acceptors (Lipinski definition) is 7. The van der Waals surface area contributed by atoms with Gasteiger partial charge >= 0.3 is 0 Å². The van der Waals surface area contributed by atoms with E-state index < -0.39 is 0 Å². The summed E-state index contributed by atoms with van der Waals surface area (Å²) in [5, 5.41) is 2.69. The number of ether oxygens (including phenoxy) is 1. The third-order valence-corrected chi connectivity index (χ3v) is 6.01. The van der Waals surface area contributed by atoms with Gasteiger partial charge in [0.25, 0.3) is 0 Å². The smallest absolute Gasteiger partial charge is 0.250 e. The number of amides is 3. The number of benzene rings is 1. The van der Waals surface area contributed by atoms with Gasteiger partial charge in [-0.05, 0) is 24.1 Å². The van der Waals surface area contributed by atoms with E-state index in [0.717, 1.165) is 5.56 Å². The van der Waals surface area contributed by atoms with Gasteiger partial charge in [-0.25, -0.2) is 0 Å². The van der Waals surface area contributed by atoms with Crippen LogP contribution in [0.5, 0.6) is 0 Å². The number of aryl methyl sites for hydroxylation is 1. The van der Waals surface area contributed by atoms with E-state index in [1.54, 1.807) is 12.1 Å². The molecule has 0 atom stereocenters.